The Bertz CT molecular complexity index is 1490. The molecule has 5 rings (SSSR count). The molecular formula is C30H26N2S. The highest BCUT2D eigenvalue weighted by Crippen LogP contribution is 2.42. The topological polar surface area (TPSA) is 38.4 Å². The lowest BCUT2D eigenvalue weighted by Crippen LogP contribution is -2.13. The highest BCUT2D eigenvalue weighted by molar-refractivity contribution is 7.25. The molecule has 0 aliphatic rings. The lowest BCUT2D eigenvalue weighted by atomic mass is 9.92. The van der Waals surface area contributed by atoms with Gasteiger partial charge in [0.05, 0.1) is 0 Å². The zero-order valence-electron chi connectivity index (χ0n) is 18.9. The van der Waals surface area contributed by atoms with Crippen molar-refractivity contribution in [3.05, 3.63) is 119 Å². The van der Waals surface area contributed by atoms with Crippen LogP contribution in [0.3, 0.4) is 0 Å². The number of benzene rings is 4. The highest BCUT2D eigenvalue weighted by Gasteiger charge is 2.14. The van der Waals surface area contributed by atoms with Crippen molar-refractivity contribution in [2.75, 3.05) is 0 Å². The summed E-state index contributed by atoms with van der Waals surface area (Å²) >= 11 is 1.86. The summed E-state index contributed by atoms with van der Waals surface area (Å²) in [7, 11) is 0. The normalized spacial score (nSPS) is 12.5. The highest BCUT2D eigenvalue weighted by atomic mass is 32.1. The zero-order chi connectivity index (χ0) is 22.8. The third-order valence-electron chi connectivity index (χ3n) is 5.95. The number of aliphatic imine (C=N–C) groups is 1. The van der Waals surface area contributed by atoms with Gasteiger partial charge in [-0.15, -0.1) is 11.3 Å². The van der Waals surface area contributed by atoms with E-state index in [1.165, 1.54) is 42.4 Å². The van der Waals surface area contributed by atoms with E-state index < -0.39 is 0 Å². The van der Waals surface area contributed by atoms with E-state index in [2.05, 4.69) is 78.7 Å². The summed E-state index contributed by atoms with van der Waals surface area (Å²) in [6.07, 6.45) is 2.96. The molecule has 3 heteroatoms. The van der Waals surface area contributed by atoms with Gasteiger partial charge in [-0.25, -0.2) is 4.99 Å². The van der Waals surface area contributed by atoms with Gasteiger partial charge in [0.25, 0.3) is 0 Å². The van der Waals surface area contributed by atoms with Crippen molar-refractivity contribution in [2.24, 2.45) is 10.7 Å². The van der Waals surface area contributed by atoms with Crippen molar-refractivity contribution in [1.82, 2.24) is 0 Å². The van der Waals surface area contributed by atoms with Gasteiger partial charge in [0.2, 0.25) is 0 Å². The van der Waals surface area contributed by atoms with E-state index in [9.17, 15) is 0 Å². The molecule has 33 heavy (non-hydrogen) atoms. The van der Waals surface area contributed by atoms with Crippen LogP contribution in [0.25, 0.3) is 31.3 Å². The summed E-state index contributed by atoms with van der Waals surface area (Å²) in [6.45, 7) is 4.15. The second-order valence-corrected chi connectivity index (χ2v) is 9.43. The van der Waals surface area contributed by atoms with Gasteiger partial charge in [-0.1, -0.05) is 90.5 Å². The van der Waals surface area contributed by atoms with E-state index in [1.807, 2.05) is 48.6 Å². The average Bonchev–Trinajstić information content (AvgIpc) is 3.22. The summed E-state index contributed by atoms with van der Waals surface area (Å²) in [6, 6.07) is 32.0. The van der Waals surface area contributed by atoms with E-state index in [0.717, 1.165) is 17.7 Å². The third kappa shape index (κ3) is 4.33. The maximum absolute atomic E-state index is 6.23. The Hall–Kier alpha value is -3.69. The van der Waals surface area contributed by atoms with Crippen LogP contribution in [0.2, 0.25) is 0 Å². The molecule has 0 atom stereocenters. The Morgan fingerprint density at radius 2 is 1.58 bits per heavy atom. The monoisotopic (exact) mass is 446 g/mol. The van der Waals surface area contributed by atoms with E-state index in [4.69, 9.17) is 5.73 Å². The molecule has 1 aromatic heterocycles. The molecule has 2 N–H and O–H groups in total. The fourth-order valence-corrected chi connectivity index (χ4v) is 5.36. The minimum atomic E-state index is 0.544. The molecule has 0 unspecified atom stereocenters. The van der Waals surface area contributed by atoms with Gasteiger partial charge < -0.3 is 5.73 Å². The molecule has 0 aliphatic carbocycles. The number of allylic oxidation sites excluding steroid dienone is 2. The smallest absolute Gasteiger partial charge is 0.130 e. The molecule has 4 aromatic carbocycles. The number of rotatable bonds is 5. The van der Waals surface area contributed by atoms with Crippen molar-refractivity contribution in [3.63, 3.8) is 0 Å². The summed E-state index contributed by atoms with van der Waals surface area (Å²) in [5, 5.41) is 2.66. The summed E-state index contributed by atoms with van der Waals surface area (Å²) in [4.78, 5) is 4.64. The fourth-order valence-electron chi connectivity index (χ4n) is 4.25. The molecule has 0 aliphatic heterocycles. The summed E-state index contributed by atoms with van der Waals surface area (Å²) in [5.74, 6) is 0.544. The molecule has 0 radical (unpaired) electrons. The Kier molecular flexibility index (Phi) is 5.80. The molecule has 0 fully saturated rings. The van der Waals surface area contributed by atoms with Crippen LogP contribution in [0.4, 0.5) is 0 Å². The first-order valence-corrected chi connectivity index (χ1v) is 12.0. The molecule has 5 aromatic rings. The Morgan fingerprint density at radius 3 is 2.36 bits per heavy atom. The first-order valence-electron chi connectivity index (χ1n) is 11.2. The van der Waals surface area contributed by atoms with E-state index in [1.54, 1.807) is 0 Å². The van der Waals surface area contributed by atoms with Crippen LogP contribution in [0.5, 0.6) is 0 Å². The third-order valence-corrected chi connectivity index (χ3v) is 7.09. The Morgan fingerprint density at radius 1 is 0.848 bits per heavy atom. The van der Waals surface area contributed by atoms with Gasteiger partial charge in [0.15, 0.2) is 0 Å². The second-order valence-electron chi connectivity index (χ2n) is 8.35. The predicted molar refractivity (Wildman–Crippen MR) is 144 cm³/mol. The number of amidine groups is 1. The van der Waals surface area contributed by atoms with Gasteiger partial charge in [-0.3, -0.25) is 0 Å². The summed E-state index contributed by atoms with van der Waals surface area (Å²) < 4.78 is 2.65. The van der Waals surface area contributed by atoms with E-state index >= 15 is 0 Å². The van der Waals surface area contributed by atoms with Gasteiger partial charge >= 0.3 is 0 Å². The number of nitrogens with two attached hydrogens (primary N) is 1. The van der Waals surface area contributed by atoms with Crippen LogP contribution in [-0.2, 0) is 6.42 Å². The van der Waals surface area contributed by atoms with Crippen LogP contribution in [0.1, 0.15) is 23.6 Å². The predicted octanol–water partition coefficient (Wildman–Crippen LogP) is 7.88. The number of nitrogens with zero attached hydrogens (tertiary/aromatic N) is 1. The molecule has 0 bridgehead atoms. The maximum atomic E-state index is 6.23. The second kappa shape index (κ2) is 9.05. The molecule has 2 nitrogen and oxygen atoms in total. The van der Waals surface area contributed by atoms with E-state index in [-0.39, 0.29) is 0 Å². The number of hydrogen-bond donors (Lipinski definition) is 1. The number of hydrogen-bond acceptors (Lipinski definition) is 2. The molecule has 0 spiro atoms. The minimum Gasteiger partial charge on any atom is -0.383 e. The van der Waals surface area contributed by atoms with Gasteiger partial charge in [0.1, 0.15) is 5.84 Å². The van der Waals surface area contributed by atoms with Crippen molar-refractivity contribution < 1.29 is 0 Å². The molecular weight excluding hydrogens is 420 g/mol. The number of fused-ring (bicyclic) bond motifs is 3. The number of aryl methyl sites for hydroxylation is 1. The average molecular weight is 447 g/mol. The Labute approximate surface area is 198 Å². The first kappa shape index (κ1) is 21.2. The lowest BCUT2D eigenvalue weighted by molar-refractivity contribution is 1.19. The molecule has 0 amide bonds. The molecule has 1 heterocycles. The van der Waals surface area contributed by atoms with Crippen LogP contribution >= 0.6 is 11.3 Å². The van der Waals surface area contributed by atoms with Crippen LogP contribution in [0, 0.1) is 6.92 Å². The SMILES string of the molecule is C/C(=C/Cc1ccc2sc3ccccc3c2c1-c1ccc(C)cc1)N=C(N)c1ccccc1. The Balaban J connectivity index is 1.60. The zero-order valence-corrected chi connectivity index (χ0v) is 19.7. The largest absolute Gasteiger partial charge is 0.383 e. The molecule has 0 saturated carbocycles. The van der Waals surface area contributed by atoms with Gasteiger partial charge in [-0.05, 0) is 49.1 Å². The maximum Gasteiger partial charge on any atom is 0.130 e. The molecule has 162 valence electrons. The minimum absolute atomic E-state index is 0.544. The van der Waals surface area contributed by atoms with E-state index in [0.29, 0.717) is 5.84 Å². The van der Waals surface area contributed by atoms with Crippen molar-refractivity contribution >= 4 is 37.3 Å². The quantitative estimate of drug-likeness (QED) is 0.216. The standard InChI is InChI=1S/C30H26N2S/c1-20-12-15-22(16-13-20)28-23(17-14-21(2)32-30(31)24-8-4-3-5-9-24)18-19-27-29(28)25-10-6-7-11-26(25)33-27/h3-16,18-19H,17H2,1-2H3,(H2,31,32)/b21-14-. The first-order chi connectivity index (χ1) is 16.1. The van der Waals surface area contributed by atoms with Crippen LogP contribution in [-0.4, -0.2) is 5.84 Å². The van der Waals surface area contributed by atoms with Crippen molar-refractivity contribution in [2.45, 2.75) is 20.3 Å². The van der Waals surface area contributed by atoms with Crippen LogP contribution in [0.15, 0.2) is 108 Å². The lowest BCUT2D eigenvalue weighted by Gasteiger charge is -2.12. The van der Waals surface area contributed by atoms with Crippen LogP contribution < -0.4 is 5.73 Å². The fraction of sp³-hybridized carbons (Fsp3) is 0.100. The number of thiophene rings is 1. The van der Waals surface area contributed by atoms with Gasteiger partial charge in [-0.2, -0.15) is 0 Å². The van der Waals surface area contributed by atoms with Crippen molar-refractivity contribution in [3.8, 4) is 11.1 Å². The summed E-state index contributed by atoms with van der Waals surface area (Å²) in [5.41, 5.74) is 13.2. The molecule has 0 saturated heterocycles. The van der Waals surface area contributed by atoms with Gasteiger partial charge in [0, 0.05) is 31.4 Å². The van der Waals surface area contributed by atoms with Crippen molar-refractivity contribution in [1.29, 1.82) is 0 Å².